The number of rotatable bonds is 2. The molecule has 0 unspecified atom stereocenters. The van der Waals surface area contributed by atoms with E-state index in [1.807, 2.05) is 0 Å². The molecule has 4 aromatic carbocycles. The molecule has 0 atom stereocenters. The normalized spacial score (nSPS) is 16.7. The summed E-state index contributed by atoms with van der Waals surface area (Å²) >= 11 is -1.95. The summed E-state index contributed by atoms with van der Waals surface area (Å²) in [5.74, 6) is 0. The maximum atomic E-state index is 6.52. The molecule has 0 radical (unpaired) electrons. The number of aryl methyl sites for hydroxylation is 2. The van der Waals surface area contributed by atoms with Gasteiger partial charge in [-0.3, -0.25) is 0 Å². The van der Waals surface area contributed by atoms with Crippen molar-refractivity contribution in [2.75, 3.05) is 0 Å². The molecule has 0 nitrogen and oxygen atoms in total. The van der Waals surface area contributed by atoms with Gasteiger partial charge in [0.1, 0.15) is 0 Å². The molecule has 0 N–H and O–H groups in total. The number of halogens is 2. The first kappa shape index (κ1) is 28.4. The molecular weight excluding hydrogens is 575 g/mol. The van der Waals surface area contributed by atoms with Gasteiger partial charge in [0.15, 0.2) is 0 Å². The van der Waals surface area contributed by atoms with Crippen molar-refractivity contribution in [1.29, 1.82) is 0 Å². The predicted octanol–water partition coefficient (Wildman–Crippen LogP) is 11.3. The number of benzene rings is 2. The van der Waals surface area contributed by atoms with Crippen LogP contribution in [0.15, 0.2) is 72.8 Å². The Kier molecular flexibility index (Phi) is 11.4. The van der Waals surface area contributed by atoms with E-state index < -0.39 is 18.0 Å². The van der Waals surface area contributed by atoms with Gasteiger partial charge in [0.25, 0.3) is 0 Å². The monoisotopic (exact) mass is 612 g/mol. The first-order chi connectivity index (χ1) is 17.5. The second kappa shape index (κ2) is 14.5. The fraction of sp³-hybridized carbons (Fsp3) is 0.438. The van der Waals surface area contributed by atoms with Crippen LogP contribution in [0.1, 0.15) is 75.3 Å². The van der Waals surface area contributed by atoms with Gasteiger partial charge in [-0.25, -0.2) is 0 Å². The van der Waals surface area contributed by atoms with E-state index in [1.54, 1.807) is 0 Å². The van der Waals surface area contributed by atoms with Crippen molar-refractivity contribution in [2.45, 2.75) is 89.1 Å². The van der Waals surface area contributed by atoms with E-state index in [-0.39, 0.29) is 5.43 Å². The predicted molar refractivity (Wildman–Crippen MR) is 160 cm³/mol. The average Bonchev–Trinajstić information content (AvgIpc) is 3.46. The molecule has 0 amide bonds. The summed E-state index contributed by atoms with van der Waals surface area (Å²) in [4.78, 5) is 0. The van der Waals surface area contributed by atoms with E-state index in [4.69, 9.17) is 17.0 Å². The molecule has 0 bridgehead atoms. The maximum absolute atomic E-state index is 6.52. The molecule has 4 aromatic rings. The van der Waals surface area contributed by atoms with Gasteiger partial charge in [-0.05, 0) is 0 Å². The van der Waals surface area contributed by atoms with Crippen molar-refractivity contribution in [2.24, 2.45) is 0 Å². The van der Waals surface area contributed by atoms with Crippen LogP contribution in [0.3, 0.4) is 0 Å². The molecule has 0 saturated heterocycles. The molecule has 192 valence electrons. The molecule has 6 rings (SSSR count). The summed E-state index contributed by atoms with van der Waals surface area (Å²) in [6.45, 7) is 4.25. The third-order valence-electron chi connectivity index (χ3n) is 7.83. The Labute approximate surface area is 233 Å². The van der Waals surface area contributed by atoms with Crippen molar-refractivity contribution in [1.82, 2.24) is 0 Å². The first-order valence-corrected chi connectivity index (χ1v) is 25.5. The van der Waals surface area contributed by atoms with E-state index >= 15 is 0 Å². The molecule has 0 aliphatic heterocycles. The van der Waals surface area contributed by atoms with E-state index in [1.165, 1.54) is 96.9 Å². The molecule has 2 aliphatic carbocycles. The van der Waals surface area contributed by atoms with Crippen LogP contribution in [0.2, 0.25) is 11.1 Å². The number of hydrogen-bond donors (Lipinski definition) is 0. The van der Waals surface area contributed by atoms with Crippen LogP contribution in [-0.4, -0.2) is 5.43 Å². The van der Waals surface area contributed by atoms with Gasteiger partial charge < -0.3 is 0 Å². The third kappa shape index (κ3) is 8.17. The van der Waals surface area contributed by atoms with Gasteiger partial charge in [-0.2, -0.15) is 12.1 Å². The van der Waals surface area contributed by atoms with Crippen molar-refractivity contribution in [3.8, 4) is 0 Å². The summed E-state index contributed by atoms with van der Waals surface area (Å²) in [6.07, 6.45) is 14.6. The SMILES string of the molecule is Cc1cc2ccccc2[cH-]1.Cc1cc2ccccc2[cH-]1.[Cl][Zr]([Cl])=[Si](C1CCCCC1)C1CCCCC1. The van der Waals surface area contributed by atoms with Crippen LogP contribution >= 0.6 is 17.0 Å². The molecule has 0 spiro atoms. The fourth-order valence-electron chi connectivity index (χ4n) is 6.08. The van der Waals surface area contributed by atoms with E-state index in [0.29, 0.717) is 0 Å². The third-order valence-corrected chi connectivity index (χ3v) is 28.2. The van der Waals surface area contributed by atoms with Crippen molar-refractivity contribution in [3.63, 3.8) is 0 Å². The van der Waals surface area contributed by atoms with E-state index in [9.17, 15) is 0 Å². The zero-order chi connectivity index (χ0) is 25.3. The second-order valence-electron chi connectivity index (χ2n) is 10.7. The van der Waals surface area contributed by atoms with Crippen molar-refractivity contribution >= 4 is 44.0 Å². The van der Waals surface area contributed by atoms with Crippen LogP contribution < -0.4 is 0 Å². The number of fused-ring (bicyclic) bond motifs is 2. The summed E-state index contributed by atoms with van der Waals surface area (Å²) < 4.78 is 0. The molecular formula is C32H40Cl2SiZr-2. The fourth-order valence-corrected chi connectivity index (χ4v) is 29.2. The van der Waals surface area contributed by atoms with Crippen LogP contribution in [-0.2, 0) is 18.0 Å². The average molecular weight is 615 g/mol. The standard InChI is InChI=1S/C12H22Si.2C10H9.2ClH.Zr/c1-3-7-11(8-4-1)13-12-9-5-2-6-10-12;2*1-8-6-9-4-2-3-5-10(9)7-8;;;/h11-12H,1-10H2;2*2-7H,1H3;2*1H;/q;2*-1;;;+2/p-2. The Hall–Kier alpha value is -0.660. The molecule has 2 fully saturated rings. The molecule has 0 heterocycles. The summed E-state index contributed by atoms with van der Waals surface area (Å²) in [5.41, 5.74) is 4.37. The van der Waals surface area contributed by atoms with Gasteiger partial charge in [-0.15, -0.1) is 81.2 Å². The minimum atomic E-state index is -1.95. The summed E-state index contributed by atoms with van der Waals surface area (Å²) in [5, 5.41) is 5.39. The quantitative estimate of drug-likeness (QED) is 0.156. The van der Waals surface area contributed by atoms with Crippen LogP contribution in [0.25, 0.3) is 21.5 Å². The molecule has 36 heavy (non-hydrogen) atoms. The van der Waals surface area contributed by atoms with Crippen molar-refractivity contribution < 1.29 is 18.0 Å². The zero-order valence-corrected chi connectivity index (χ0v) is 26.9. The van der Waals surface area contributed by atoms with Crippen LogP contribution in [0, 0.1) is 13.8 Å². The Morgan fingerprint density at radius 3 is 1.39 bits per heavy atom. The van der Waals surface area contributed by atoms with Gasteiger partial charge in [0.2, 0.25) is 0 Å². The van der Waals surface area contributed by atoms with Gasteiger partial charge in [-0.1, -0.05) is 26.0 Å². The summed E-state index contributed by atoms with van der Waals surface area (Å²) in [6, 6.07) is 25.7. The minimum absolute atomic E-state index is 0.335. The first-order valence-electron chi connectivity index (χ1n) is 13.8. The molecule has 2 aliphatic rings. The Balaban J connectivity index is 0.000000132. The van der Waals surface area contributed by atoms with Crippen LogP contribution in [0.4, 0.5) is 0 Å². The van der Waals surface area contributed by atoms with Gasteiger partial charge in [0.05, 0.1) is 0 Å². The van der Waals surface area contributed by atoms with Crippen molar-refractivity contribution in [3.05, 3.63) is 83.9 Å². The topological polar surface area (TPSA) is 0 Å². The Morgan fingerprint density at radius 1 is 0.639 bits per heavy atom. The van der Waals surface area contributed by atoms with Crippen LogP contribution in [0.5, 0.6) is 0 Å². The zero-order valence-electron chi connectivity index (χ0n) is 21.9. The summed E-state index contributed by atoms with van der Waals surface area (Å²) in [7, 11) is 13.0. The van der Waals surface area contributed by atoms with E-state index in [2.05, 4.69) is 86.6 Å². The van der Waals surface area contributed by atoms with Gasteiger partial charge in [0, 0.05) is 0 Å². The number of hydrogen-bond acceptors (Lipinski definition) is 0. The molecule has 4 heteroatoms. The second-order valence-corrected chi connectivity index (χ2v) is 31.1. The van der Waals surface area contributed by atoms with Gasteiger partial charge >= 0.3 is 116 Å². The molecule has 0 aromatic heterocycles. The molecule has 2 saturated carbocycles. The Morgan fingerprint density at radius 2 is 1.03 bits per heavy atom. The van der Waals surface area contributed by atoms with E-state index in [0.717, 1.165) is 11.1 Å². The Bertz CT molecular complexity index is 1090.